The average Bonchev–Trinajstić information content (AvgIpc) is 2.20. The van der Waals surface area contributed by atoms with Crippen LogP contribution in [-0.2, 0) is 9.84 Å². The molecule has 1 aliphatic rings. The highest BCUT2D eigenvalue weighted by molar-refractivity contribution is 9.10. The minimum atomic E-state index is -2.81. The fourth-order valence-corrected chi connectivity index (χ4v) is 3.81. The molecule has 0 aromatic carbocycles. The van der Waals surface area contributed by atoms with Crippen LogP contribution < -0.4 is 5.32 Å². The number of hydrogen-bond acceptors (Lipinski definition) is 5. The molecule has 2 rings (SSSR count). The lowest BCUT2D eigenvalue weighted by atomic mass is 10.1. The summed E-state index contributed by atoms with van der Waals surface area (Å²) in [6, 6.07) is 1.98. The first-order valence-electron chi connectivity index (χ1n) is 5.43. The van der Waals surface area contributed by atoms with Gasteiger partial charge >= 0.3 is 0 Å². The summed E-state index contributed by atoms with van der Waals surface area (Å²) in [6.07, 6.45) is 1.28. The van der Waals surface area contributed by atoms with E-state index in [9.17, 15) is 8.42 Å². The zero-order valence-electron chi connectivity index (χ0n) is 9.48. The van der Waals surface area contributed by atoms with Gasteiger partial charge in [-0.3, -0.25) is 0 Å². The molecule has 7 heteroatoms. The van der Waals surface area contributed by atoms with Crippen molar-refractivity contribution in [3.8, 4) is 0 Å². The van der Waals surface area contributed by atoms with E-state index in [1.54, 1.807) is 6.07 Å². The molecule has 1 aromatic heterocycles. The van der Waals surface area contributed by atoms with Gasteiger partial charge in [0, 0.05) is 12.1 Å². The van der Waals surface area contributed by atoms with Gasteiger partial charge in [-0.1, -0.05) is 0 Å². The van der Waals surface area contributed by atoms with Gasteiger partial charge in [0.15, 0.2) is 0 Å². The molecule has 2 heterocycles. The average molecular weight is 320 g/mol. The van der Waals surface area contributed by atoms with E-state index in [0.717, 1.165) is 10.4 Å². The summed E-state index contributed by atoms with van der Waals surface area (Å²) in [4.78, 5) is 8.38. The first kappa shape index (κ1) is 12.8. The molecule has 94 valence electrons. The van der Waals surface area contributed by atoms with Crippen LogP contribution in [0.5, 0.6) is 0 Å². The lowest BCUT2D eigenvalue weighted by Crippen LogP contribution is -2.32. The molecule has 0 amide bonds. The van der Waals surface area contributed by atoms with E-state index in [4.69, 9.17) is 0 Å². The predicted octanol–water partition coefficient (Wildman–Crippen LogP) is 1.54. The van der Waals surface area contributed by atoms with Crippen molar-refractivity contribution in [3.05, 3.63) is 16.5 Å². The lowest BCUT2D eigenvalue weighted by molar-refractivity contribution is 0.559. The minimum absolute atomic E-state index is 0.180. The van der Waals surface area contributed by atoms with Gasteiger partial charge in [0.25, 0.3) is 0 Å². The Morgan fingerprint density at radius 1 is 1.35 bits per heavy atom. The molecule has 5 nitrogen and oxygen atoms in total. The van der Waals surface area contributed by atoms with Crippen LogP contribution in [0.3, 0.4) is 0 Å². The van der Waals surface area contributed by atoms with Gasteiger partial charge < -0.3 is 5.32 Å². The Morgan fingerprint density at radius 2 is 2.00 bits per heavy atom. The number of aryl methyl sites for hydroxylation is 1. The zero-order chi connectivity index (χ0) is 12.5. The maximum absolute atomic E-state index is 11.3. The Kier molecular flexibility index (Phi) is 3.67. The van der Waals surface area contributed by atoms with Gasteiger partial charge in [-0.25, -0.2) is 18.4 Å². The minimum Gasteiger partial charge on any atom is -0.367 e. The summed E-state index contributed by atoms with van der Waals surface area (Å²) >= 11 is 3.31. The second-order valence-electron chi connectivity index (χ2n) is 4.19. The molecule has 0 atom stereocenters. The first-order chi connectivity index (χ1) is 7.94. The number of aromatic nitrogens is 2. The second-order valence-corrected chi connectivity index (χ2v) is 7.31. The van der Waals surface area contributed by atoms with E-state index in [2.05, 4.69) is 31.2 Å². The Hall–Kier alpha value is -0.690. The van der Waals surface area contributed by atoms with Crippen molar-refractivity contribution in [1.82, 2.24) is 9.97 Å². The largest absolute Gasteiger partial charge is 0.367 e. The molecule has 1 N–H and O–H groups in total. The van der Waals surface area contributed by atoms with Crippen LogP contribution in [0, 0.1) is 6.92 Å². The smallest absolute Gasteiger partial charge is 0.150 e. The number of nitrogens with one attached hydrogen (secondary N) is 1. The molecular weight excluding hydrogens is 306 g/mol. The number of hydrogen-bond donors (Lipinski definition) is 1. The summed E-state index contributed by atoms with van der Waals surface area (Å²) < 4.78 is 23.3. The van der Waals surface area contributed by atoms with Crippen molar-refractivity contribution in [2.45, 2.75) is 25.8 Å². The molecule has 0 bridgehead atoms. The molecule has 1 aromatic rings. The third kappa shape index (κ3) is 3.64. The topological polar surface area (TPSA) is 72.0 Å². The van der Waals surface area contributed by atoms with Crippen LogP contribution in [0.4, 0.5) is 5.82 Å². The third-order valence-corrected chi connectivity index (χ3v) is 4.83. The van der Waals surface area contributed by atoms with Crippen molar-refractivity contribution in [2.75, 3.05) is 16.8 Å². The van der Waals surface area contributed by atoms with Crippen molar-refractivity contribution < 1.29 is 8.42 Å². The number of sulfone groups is 1. The number of anilines is 1. The number of rotatable bonds is 2. The standard InChI is InChI=1S/C10H14BrN3O2S/c1-7-12-9(11)6-10(13-7)14-8-2-4-17(15,16)5-3-8/h6,8H,2-5H2,1H3,(H,12,13,14). The molecule has 1 aliphatic heterocycles. The van der Waals surface area contributed by atoms with Gasteiger partial charge in [0.05, 0.1) is 11.5 Å². The predicted molar refractivity (Wildman–Crippen MR) is 69.8 cm³/mol. The Morgan fingerprint density at radius 3 is 2.59 bits per heavy atom. The lowest BCUT2D eigenvalue weighted by Gasteiger charge is -2.23. The number of nitrogens with zero attached hydrogens (tertiary/aromatic N) is 2. The van der Waals surface area contributed by atoms with Crippen LogP contribution in [-0.4, -0.2) is 35.9 Å². The first-order valence-corrected chi connectivity index (χ1v) is 8.04. The molecular formula is C10H14BrN3O2S. The molecule has 0 radical (unpaired) electrons. The zero-order valence-corrected chi connectivity index (χ0v) is 11.9. The van der Waals surface area contributed by atoms with Crippen molar-refractivity contribution in [1.29, 1.82) is 0 Å². The molecule has 1 saturated heterocycles. The van der Waals surface area contributed by atoms with E-state index in [0.29, 0.717) is 18.7 Å². The van der Waals surface area contributed by atoms with Gasteiger partial charge in [-0.05, 0) is 35.7 Å². The van der Waals surface area contributed by atoms with Crippen LogP contribution in [0.25, 0.3) is 0 Å². The monoisotopic (exact) mass is 319 g/mol. The van der Waals surface area contributed by atoms with Gasteiger partial charge in [-0.15, -0.1) is 0 Å². The summed E-state index contributed by atoms with van der Waals surface area (Å²) in [7, 11) is -2.81. The Balaban J connectivity index is 2.02. The Labute approximate surface area is 109 Å². The van der Waals surface area contributed by atoms with Crippen molar-refractivity contribution >= 4 is 31.6 Å². The molecule has 17 heavy (non-hydrogen) atoms. The molecule has 0 unspecified atom stereocenters. The summed E-state index contributed by atoms with van der Waals surface area (Å²) in [6.45, 7) is 1.82. The van der Waals surface area contributed by atoms with Gasteiger partial charge in [0.2, 0.25) is 0 Å². The fourth-order valence-electron chi connectivity index (χ4n) is 1.85. The highest BCUT2D eigenvalue weighted by Crippen LogP contribution is 2.18. The maximum atomic E-state index is 11.3. The summed E-state index contributed by atoms with van der Waals surface area (Å²) in [5, 5.41) is 3.25. The Bertz CT molecular complexity index is 484. The third-order valence-electron chi connectivity index (χ3n) is 2.71. The number of halogens is 1. The van der Waals surface area contributed by atoms with Crippen LogP contribution in [0.1, 0.15) is 18.7 Å². The maximum Gasteiger partial charge on any atom is 0.150 e. The van der Waals surface area contributed by atoms with E-state index in [1.807, 2.05) is 6.92 Å². The molecule has 0 saturated carbocycles. The van der Waals surface area contributed by atoms with E-state index in [1.165, 1.54) is 0 Å². The molecule has 1 fully saturated rings. The highest BCUT2D eigenvalue weighted by Gasteiger charge is 2.23. The normalized spacial score (nSPS) is 20.1. The van der Waals surface area contributed by atoms with Crippen LogP contribution in [0.15, 0.2) is 10.7 Å². The SMILES string of the molecule is Cc1nc(Br)cc(NC2CCS(=O)(=O)CC2)n1. The quantitative estimate of drug-likeness (QED) is 0.837. The van der Waals surface area contributed by atoms with Crippen molar-refractivity contribution in [3.63, 3.8) is 0 Å². The summed E-state index contributed by atoms with van der Waals surface area (Å²) in [5.74, 6) is 1.95. The van der Waals surface area contributed by atoms with E-state index >= 15 is 0 Å². The van der Waals surface area contributed by atoms with Crippen molar-refractivity contribution in [2.24, 2.45) is 0 Å². The van der Waals surface area contributed by atoms with Gasteiger partial charge in [0.1, 0.15) is 26.1 Å². The molecule has 0 aliphatic carbocycles. The second kappa shape index (κ2) is 4.89. The summed E-state index contributed by atoms with van der Waals surface area (Å²) in [5.41, 5.74) is 0. The van der Waals surface area contributed by atoms with Crippen LogP contribution >= 0.6 is 15.9 Å². The van der Waals surface area contributed by atoms with E-state index in [-0.39, 0.29) is 17.5 Å². The fraction of sp³-hybridized carbons (Fsp3) is 0.600. The molecule has 0 spiro atoms. The van der Waals surface area contributed by atoms with E-state index < -0.39 is 9.84 Å². The van der Waals surface area contributed by atoms with Gasteiger partial charge in [-0.2, -0.15) is 0 Å². The van der Waals surface area contributed by atoms with Crippen LogP contribution in [0.2, 0.25) is 0 Å². The highest BCUT2D eigenvalue weighted by atomic mass is 79.9.